The van der Waals surface area contributed by atoms with E-state index in [-0.39, 0.29) is 0 Å². The summed E-state index contributed by atoms with van der Waals surface area (Å²) in [5.41, 5.74) is 0.764. The van der Waals surface area contributed by atoms with Crippen LogP contribution in [0.15, 0.2) is 60.7 Å². The topological polar surface area (TPSA) is 75.3 Å². The maximum Gasteiger partial charge on any atom is 0.252 e. The van der Waals surface area contributed by atoms with Crippen LogP contribution in [0.25, 0.3) is 0 Å². The number of hydrogen-bond acceptors (Lipinski definition) is 3. The van der Waals surface area contributed by atoms with Gasteiger partial charge in [0.25, 0.3) is 11.8 Å². The SMILES string of the molecule is CCNC(=O)C(NC(=O)c1ccccc1)C(=O)c1ccccc1. The van der Waals surface area contributed by atoms with Gasteiger partial charge in [-0.15, -0.1) is 0 Å². The number of amides is 2. The average molecular weight is 310 g/mol. The lowest BCUT2D eigenvalue weighted by molar-refractivity contribution is -0.121. The molecule has 0 bridgehead atoms. The maximum absolute atomic E-state index is 12.6. The van der Waals surface area contributed by atoms with Crippen LogP contribution in [0.2, 0.25) is 0 Å². The van der Waals surface area contributed by atoms with Crippen LogP contribution >= 0.6 is 0 Å². The van der Waals surface area contributed by atoms with Crippen LogP contribution in [-0.4, -0.2) is 30.2 Å². The van der Waals surface area contributed by atoms with Gasteiger partial charge in [0.05, 0.1) is 0 Å². The van der Waals surface area contributed by atoms with Crippen molar-refractivity contribution < 1.29 is 14.4 Å². The fourth-order valence-electron chi connectivity index (χ4n) is 2.10. The van der Waals surface area contributed by atoms with Gasteiger partial charge in [0.2, 0.25) is 0 Å². The van der Waals surface area contributed by atoms with Gasteiger partial charge in [-0.3, -0.25) is 14.4 Å². The van der Waals surface area contributed by atoms with Crippen LogP contribution in [0.4, 0.5) is 0 Å². The molecule has 1 atom stereocenters. The number of Topliss-reactive ketones (excluding diaryl/α,β-unsaturated/α-hetero) is 1. The van der Waals surface area contributed by atoms with Crippen LogP contribution in [0, 0.1) is 0 Å². The summed E-state index contributed by atoms with van der Waals surface area (Å²) in [6.07, 6.45) is 0. The van der Waals surface area contributed by atoms with Crippen molar-refractivity contribution in [2.45, 2.75) is 13.0 Å². The van der Waals surface area contributed by atoms with Crippen LogP contribution in [0.1, 0.15) is 27.6 Å². The molecular formula is C18H18N2O3. The quantitative estimate of drug-likeness (QED) is 0.631. The minimum atomic E-state index is -1.26. The highest BCUT2D eigenvalue weighted by molar-refractivity contribution is 6.16. The number of benzene rings is 2. The number of likely N-dealkylation sites (N-methyl/N-ethyl adjacent to an activating group) is 1. The van der Waals surface area contributed by atoms with Gasteiger partial charge < -0.3 is 10.6 Å². The highest BCUT2D eigenvalue weighted by atomic mass is 16.2. The predicted octanol–water partition coefficient (Wildman–Crippen LogP) is 1.80. The largest absolute Gasteiger partial charge is 0.354 e. The summed E-state index contributed by atoms with van der Waals surface area (Å²) in [6, 6.07) is 15.6. The second-order valence-electron chi connectivity index (χ2n) is 4.90. The molecule has 2 N–H and O–H groups in total. The Hall–Kier alpha value is -2.95. The van der Waals surface area contributed by atoms with E-state index >= 15 is 0 Å². The van der Waals surface area contributed by atoms with E-state index in [2.05, 4.69) is 10.6 Å². The van der Waals surface area contributed by atoms with Gasteiger partial charge in [-0.05, 0) is 19.1 Å². The summed E-state index contributed by atoms with van der Waals surface area (Å²) in [4.78, 5) is 37.0. The lowest BCUT2D eigenvalue weighted by atomic mass is 10.0. The van der Waals surface area contributed by atoms with Gasteiger partial charge in [-0.25, -0.2) is 0 Å². The predicted molar refractivity (Wildman–Crippen MR) is 87.2 cm³/mol. The van der Waals surface area contributed by atoms with E-state index in [1.165, 1.54) is 0 Å². The van der Waals surface area contributed by atoms with Crippen molar-refractivity contribution in [3.63, 3.8) is 0 Å². The first kappa shape index (κ1) is 16.4. The molecule has 2 aromatic carbocycles. The molecule has 2 aromatic rings. The molecular weight excluding hydrogens is 292 g/mol. The highest BCUT2D eigenvalue weighted by Crippen LogP contribution is 2.06. The Bertz CT molecular complexity index is 684. The molecule has 0 aromatic heterocycles. The van der Waals surface area contributed by atoms with Crippen molar-refractivity contribution in [3.8, 4) is 0 Å². The van der Waals surface area contributed by atoms with Crippen molar-refractivity contribution in [1.29, 1.82) is 0 Å². The summed E-state index contributed by atoms with van der Waals surface area (Å²) >= 11 is 0. The van der Waals surface area contributed by atoms with Gasteiger partial charge in [0.15, 0.2) is 11.8 Å². The van der Waals surface area contributed by atoms with Gasteiger partial charge in [-0.1, -0.05) is 48.5 Å². The second-order valence-corrected chi connectivity index (χ2v) is 4.90. The molecule has 5 heteroatoms. The molecule has 2 rings (SSSR count). The number of rotatable bonds is 6. The molecule has 118 valence electrons. The third kappa shape index (κ3) is 4.26. The minimum Gasteiger partial charge on any atom is -0.354 e. The summed E-state index contributed by atoms with van der Waals surface area (Å²) in [6.45, 7) is 2.12. The summed E-state index contributed by atoms with van der Waals surface area (Å²) in [7, 11) is 0. The van der Waals surface area contributed by atoms with E-state index in [0.717, 1.165) is 0 Å². The van der Waals surface area contributed by atoms with Crippen LogP contribution < -0.4 is 10.6 Å². The van der Waals surface area contributed by atoms with E-state index in [1.54, 1.807) is 67.6 Å². The van der Waals surface area contributed by atoms with Crippen LogP contribution in [0.3, 0.4) is 0 Å². The zero-order chi connectivity index (χ0) is 16.7. The molecule has 0 fully saturated rings. The lowest BCUT2D eigenvalue weighted by Crippen LogP contribution is -2.51. The fourth-order valence-corrected chi connectivity index (χ4v) is 2.10. The first-order valence-electron chi connectivity index (χ1n) is 7.36. The molecule has 0 aliphatic rings. The van der Waals surface area contributed by atoms with Crippen molar-refractivity contribution in [2.24, 2.45) is 0 Å². The Kier molecular flexibility index (Phi) is 5.63. The normalized spacial score (nSPS) is 11.3. The molecule has 2 amide bonds. The molecule has 0 saturated heterocycles. The minimum absolute atomic E-state index is 0.372. The van der Waals surface area contributed by atoms with E-state index < -0.39 is 23.6 Å². The second kappa shape index (κ2) is 7.89. The van der Waals surface area contributed by atoms with Gasteiger partial charge in [0, 0.05) is 17.7 Å². The molecule has 0 spiro atoms. The molecule has 0 radical (unpaired) electrons. The van der Waals surface area contributed by atoms with Crippen LogP contribution in [-0.2, 0) is 4.79 Å². The number of carbonyl (C=O) groups excluding carboxylic acids is 3. The van der Waals surface area contributed by atoms with E-state index in [9.17, 15) is 14.4 Å². The molecule has 5 nitrogen and oxygen atoms in total. The fraction of sp³-hybridized carbons (Fsp3) is 0.167. The van der Waals surface area contributed by atoms with E-state index in [1.807, 2.05) is 0 Å². The maximum atomic E-state index is 12.6. The third-order valence-corrected chi connectivity index (χ3v) is 3.25. The van der Waals surface area contributed by atoms with Gasteiger partial charge >= 0.3 is 0 Å². The number of ketones is 1. The molecule has 0 aliphatic heterocycles. The van der Waals surface area contributed by atoms with Gasteiger partial charge in [-0.2, -0.15) is 0 Å². The summed E-state index contributed by atoms with van der Waals surface area (Å²) in [5, 5.41) is 5.09. The van der Waals surface area contributed by atoms with E-state index in [4.69, 9.17) is 0 Å². The lowest BCUT2D eigenvalue weighted by Gasteiger charge is -2.17. The Morgan fingerprint density at radius 1 is 0.870 bits per heavy atom. The summed E-state index contributed by atoms with van der Waals surface area (Å²) < 4.78 is 0. The number of carbonyl (C=O) groups is 3. The Morgan fingerprint density at radius 3 is 1.91 bits per heavy atom. The highest BCUT2D eigenvalue weighted by Gasteiger charge is 2.29. The first-order valence-corrected chi connectivity index (χ1v) is 7.36. The van der Waals surface area contributed by atoms with E-state index in [0.29, 0.717) is 17.7 Å². The van der Waals surface area contributed by atoms with Crippen LogP contribution in [0.5, 0.6) is 0 Å². The number of nitrogens with one attached hydrogen (secondary N) is 2. The molecule has 0 heterocycles. The third-order valence-electron chi connectivity index (χ3n) is 3.25. The van der Waals surface area contributed by atoms with Crippen molar-refractivity contribution in [1.82, 2.24) is 10.6 Å². The zero-order valence-electron chi connectivity index (χ0n) is 12.8. The smallest absolute Gasteiger partial charge is 0.252 e. The Balaban J connectivity index is 2.23. The first-order chi connectivity index (χ1) is 11.1. The standard InChI is InChI=1S/C18H18N2O3/c1-2-19-18(23)15(16(21)13-9-5-3-6-10-13)20-17(22)14-11-7-4-8-12-14/h3-12,15H,2H2,1H3,(H,19,23)(H,20,22). The molecule has 23 heavy (non-hydrogen) atoms. The van der Waals surface area contributed by atoms with Crippen molar-refractivity contribution >= 4 is 17.6 Å². The van der Waals surface area contributed by atoms with Crippen molar-refractivity contribution in [3.05, 3.63) is 71.8 Å². The summed E-state index contributed by atoms with van der Waals surface area (Å²) in [5.74, 6) is -1.43. The van der Waals surface area contributed by atoms with Gasteiger partial charge in [0.1, 0.15) is 0 Å². The van der Waals surface area contributed by atoms with Crippen molar-refractivity contribution in [2.75, 3.05) is 6.54 Å². The average Bonchev–Trinajstić information content (AvgIpc) is 2.60. The molecule has 0 saturated carbocycles. The Morgan fingerprint density at radius 2 is 1.39 bits per heavy atom. The Labute approximate surface area is 134 Å². The molecule has 1 unspecified atom stereocenters. The zero-order valence-corrected chi connectivity index (χ0v) is 12.8. The number of hydrogen-bond donors (Lipinski definition) is 2. The molecule has 0 aliphatic carbocycles. The monoisotopic (exact) mass is 310 g/mol.